The predicted octanol–water partition coefficient (Wildman–Crippen LogP) is 1.88. The van der Waals surface area contributed by atoms with Crippen molar-refractivity contribution in [2.24, 2.45) is 5.11 Å². The first-order valence-electron chi connectivity index (χ1n) is 4.67. The van der Waals surface area contributed by atoms with Crippen molar-refractivity contribution in [3.8, 4) is 0 Å². The maximum atomic E-state index is 8.25. The van der Waals surface area contributed by atoms with Crippen molar-refractivity contribution in [3.05, 3.63) is 10.4 Å². The molecule has 14 heavy (non-hydrogen) atoms. The number of nitrogens with zero attached hydrogens (tertiary/aromatic N) is 3. The molecular formula is C7H17N3O3Si. The average molecular weight is 219 g/mol. The maximum absolute atomic E-state index is 8.25. The normalized spacial score (nSPS) is 11.1. The van der Waals surface area contributed by atoms with E-state index in [2.05, 4.69) is 10.0 Å². The first-order valence-corrected chi connectivity index (χ1v) is 6.60. The summed E-state index contributed by atoms with van der Waals surface area (Å²) in [7, 11) is -2.74. The van der Waals surface area contributed by atoms with Gasteiger partial charge in [-0.2, -0.15) is 0 Å². The molecule has 0 fully saturated rings. The molecule has 0 N–H and O–H groups in total. The number of rotatable bonds is 8. The summed E-state index contributed by atoms with van der Waals surface area (Å²) in [5, 5.41) is 3.47. The molecule has 0 spiro atoms. The lowest BCUT2D eigenvalue weighted by molar-refractivity contribution is 0.0728. The van der Waals surface area contributed by atoms with Gasteiger partial charge < -0.3 is 13.3 Å². The van der Waals surface area contributed by atoms with Gasteiger partial charge >= 0.3 is 8.80 Å². The predicted molar refractivity (Wildman–Crippen MR) is 54.6 cm³/mol. The van der Waals surface area contributed by atoms with Gasteiger partial charge in [0.05, 0.1) is 6.17 Å². The molecule has 0 unspecified atom stereocenters. The summed E-state index contributed by atoms with van der Waals surface area (Å²) in [6.45, 7) is 7.05. The van der Waals surface area contributed by atoms with Gasteiger partial charge in [-0.25, -0.2) is 0 Å². The fraction of sp³-hybridized carbons (Fsp3) is 1.00. The SMILES string of the molecule is CCO[Si](CN=[N+]=[N-])(OCC)OCC. The van der Waals surface area contributed by atoms with Gasteiger partial charge in [-0.3, -0.25) is 0 Å². The van der Waals surface area contributed by atoms with Crippen LogP contribution in [0.5, 0.6) is 0 Å². The van der Waals surface area contributed by atoms with Gasteiger partial charge in [0.25, 0.3) is 0 Å². The molecule has 6 nitrogen and oxygen atoms in total. The molecular weight excluding hydrogens is 202 g/mol. The Hall–Kier alpha value is -0.593. The van der Waals surface area contributed by atoms with Gasteiger partial charge in [0.2, 0.25) is 0 Å². The minimum atomic E-state index is -2.74. The third-order valence-electron chi connectivity index (χ3n) is 1.42. The van der Waals surface area contributed by atoms with Crippen LogP contribution in [0.3, 0.4) is 0 Å². The molecule has 7 heteroatoms. The van der Waals surface area contributed by atoms with E-state index in [9.17, 15) is 0 Å². The fourth-order valence-electron chi connectivity index (χ4n) is 1.04. The van der Waals surface area contributed by atoms with Gasteiger partial charge in [-0.1, -0.05) is 5.11 Å². The maximum Gasteiger partial charge on any atom is 0.506 e. The Kier molecular flexibility index (Phi) is 7.45. The summed E-state index contributed by atoms with van der Waals surface area (Å²) in [5.41, 5.74) is 8.25. The van der Waals surface area contributed by atoms with E-state index >= 15 is 0 Å². The first-order chi connectivity index (χ1) is 6.74. The number of hydrogen-bond donors (Lipinski definition) is 0. The van der Waals surface area contributed by atoms with E-state index in [4.69, 9.17) is 18.8 Å². The molecule has 0 amide bonds. The molecule has 0 rings (SSSR count). The van der Waals surface area contributed by atoms with Crippen molar-refractivity contribution in [3.63, 3.8) is 0 Å². The molecule has 0 aromatic rings. The van der Waals surface area contributed by atoms with E-state index in [1.807, 2.05) is 20.8 Å². The number of hydrogen-bond acceptors (Lipinski definition) is 4. The molecule has 0 radical (unpaired) electrons. The summed E-state index contributed by atoms with van der Waals surface area (Å²) in [6, 6.07) is 0. The second-order valence-corrected chi connectivity index (χ2v) is 4.92. The Labute approximate surface area is 85.2 Å². The molecule has 0 saturated carbocycles. The van der Waals surface area contributed by atoms with E-state index in [0.717, 1.165) is 0 Å². The van der Waals surface area contributed by atoms with Crippen molar-refractivity contribution in [1.29, 1.82) is 0 Å². The summed E-state index contributed by atoms with van der Waals surface area (Å²) >= 11 is 0. The van der Waals surface area contributed by atoms with Gasteiger partial charge in [-0.15, -0.1) is 0 Å². The van der Waals surface area contributed by atoms with Crippen LogP contribution in [-0.4, -0.2) is 34.8 Å². The smallest absolute Gasteiger partial charge is 0.374 e. The molecule has 0 aliphatic rings. The molecule has 0 saturated heterocycles. The minimum Gasteiger partial charge on any atom is -0.374 e. The van der Waals surface area contributed by atoms with E-state index in [1.54, 1.807) is 0 Å². The van der Waals surface area contributed by atoms with Crippen LogP contribution in [0.2, 0.25) is 0 Å². The van der Waals surface area contributed by atoms with Crippen LogP contribution in [0, 0.1) is 0 Å². The molecule has 0 aliphatic carbocycles. The molecule has 82 valence electrons. The van der Waals surface area contributed by atoms with Crippen LogP contribution in [0.25, 0.3) is 10.4 Å². The second kappa shape index (κ2) is 7.78. The van der Waals surface area contributed by atoms with E-state index < -0.39 is 8.80 Å². The van der Waals surface area contributed by atoms with Crippen LogP contribution < -0.4 is 0 Å². The monoisotopic (exact) mass is 219 g/mol. The first kappa shape index (κ1) is 13.4. The van der Waals surface area contributed by atoms with Crippen molar-refractivity contribution in [1.82, 2.24) is 0 Å². The lowest BCUT2D eigenvalue weighted by Crippen LogP contribution is -2.49. The highest BCUT2D eigenvalue weighted by molar-refractivity contribution is 6.61. The Morgan fingerprint density at radius 2 is 1.50 bits per heavy atom. The molecule has 0 atom stereocenters. The quantitative estimate of drug-likeness (QED) is 0.271. The molecule has 0 heterocycles. The summed E-state index contributed by atoms with van der Waals surface area (Å²) < 4.78 is 16.3. The van der Waals surface area contributed by atoms with Crippen molar-refractivity contribution < 1.29 is 13.3 Å². The molecule has 0 aromatic heterocycles. The Morgan fingerprint density at radius 3 is 1.79 bits per heavy atom. The largest absolute Gasteiger partial charge is 0.506 e. The van der Waals surface area contributed by atoms with Crippen molar-refractivity contribution in [2.75, 3.05) is 26.0 Å². The third-order valence-corrected chi connectivity index (χ3v) is 4.13. The lowest BCUT2D eigenvalue weighted by Gasteiger charge is -2.26. The number of azide groups is 1. The molecule has 0 aliphatic heterocycles. The van der Waals surface area contributed by atoms with Gasteiger partial charge in [0.15, 0.2) is 0 Å². The highest BCUT2D eigenvalue weighted by Gasteiger charge is 2.39. The van der Waals surface area contributed by atoms with Crippen molar-refractivity contribution in [2.45, 2.75) is 20.8 Å². The highest BCUT2D eigenvalue weighted by Crippen LogP contribution is 2.10. The Bertz CT molecular complexity index is 180. The summed E-state index contributed by atoms with van der Waals surface area (Å²) in [4.78, 5) is 2.69. The van der Waals surface area contributed by atoms with E-state index in [-0.39, 0.29) is 6.17 Å². The van der Waals surface area contributed by atoms with Crippen LogP contribution in [0.4, 0.5) is 0 Å². The zero-order chi connectivity index (χ0) is 10.9. The van der Waals surface area contributed by atoms with Crippen LogP contribution in [-0.2, 0) is 13.3 Å². The van der Waals surface area contributed by atoms with Crippen LogP contribution >= 0.6 is 0 Å². The third kappa shape index (κ3) is 4.59. The fourth-order valence-corrected chi connectivity index (χ4v) is 3.12. The standard InChI is InChI=1S/C7H17N3O3Si/c1-4-11-14(12-5-2,13-6-3)7-9-10-8/h4-7H2,1-3H3. The van der Waals surface area contributed by atoms with E-state index in [0.29, 0.717) is 19.8 Å². The second-order valence-electron chi connectivity index (χ2n) is 2.37. The summed E-state index contributed by atoms with van der Waals surface area (Å²) in [6.07, 6.45) is 0.152. The zero-order valence-electron chi connectivity index (χ0n) is 8.89. The highest BCUT2D eigenvalue weighted by atomic mass is 28.4. The minimum absolute atomic E-state index is 0.152. The average Bonchev–Trinajstić information content (AvgIpc) is 2.16. The van der Waals surface area contributed by atoms with Crippen LogP contribution in [0.1, 0.15) is 20.8 Å². The molecule has 0 bridgehead atoms. The molecule has 0 aromatic carbocycles. The Balaban J connectivity index is 4.44. The zero-order valence-corrected chi connectivity index (χ0v) is 9.89. The Morgan fingerprint density at radius 1 is 1.07 bits per heavy atom. The van der Waals surface area contributed by atoms with Crippen LogP contribution in [0.15, 0.2) is 5.11 Å². The van der Waals surface area contributed by atoms with Gasteiger partial charge in [0.1, 0.15) is 0 Å². The van der Waals surface area contributed by atoms with Gasteiger partial charge in [-0.05, 0) is 26.3 Å². The topological polar surface area (TPSA) is 76.5 Å². The lowest BCUT2D eigenvalue weighted by atomic mass is 10.9. The van der Waals surface area contributed by atoms with E-state index in [1.165, 1.54) is 0 Å². The summed E-state index contributed by atoms with van der Waals surface area (Å²) in [5.74, 6) is 0. The van der Waals surface area contributed by atoms with Gasteiger partial charge in [0, 0.05) is 24.7 Å². The van der Waals surface area contributed by atoms with Crippen molar-refractivity contribution >= 4 is 8.80 Å².